The van der Waals surface area contributed by atoms with Gasteiger partial charge in [-0.3, -0.25) is 0 Å². The number of hydrogen-bond donors (Lipinski definition) is 2. The van der Waals surface area contributed by atoms with Crippen LogP contribution in [-0.4, -0.2) is 36.5 Å². The molecule has 0 saturated carbocycles. The summed E-state index contributed by atoms with van der Waals surface area (Å²) in [5.74, 6) is 0. The third-order valence-corrected chi connectivity index (χ3v) is 0.224. The number of halogens is 3. The van der Waals surface area contributed by atoms with Crippen molar-refractivity contribution in [3.8, 4) is 0 Å². The fourth-order valence-electron chi connectivity index (χ4n) is 0. The van der Waals surface area contributed by atoms with E-state index in [1.807, 2.05) is 0 Å². The van der Waals surface area contributed by atoms with Crippen LogP contribution in [0.1, 0.15) is 0 Å². The third-order valence-electron chi connectivity index (χ3n) is 0.224. The van der Waals surface area contributed by atoms with Gasteiger partial charge in [-0.2, -0.15) is 0 Å². The standard InChI is InChI=1S/2C2H6NO.3ClH.Pt/c2*3-1-2-4;;;;/h2*3-4H,1-2H2;3*1H;/q2*-1;;;;+3/p-3. The molecule has 12 heavy (non-hydrogen) atoms. The summed E-state index contributed by atoms with van der Waals surface area (Å²) in [6, 6.07) is 0. The molecule has 0 aromatic carbocycles. The van der Waals surface area contributed by atoms with E-state index in [0.717, 1.165) is 0 Å². The molecule has 0 atom stereocenters. The maximum atomic E-state index is 7.69. The maximum Gasteiger partial charge on any atom is 0.0241 e. The molecule has 0 amide bonds. The number of aliphatic hydroxyl groups is 2. The van der Waals surface area contributed by atoms with Crippen molar-refractivity contribution in [1.82, 2.24) is 0 Å². The maximum absolute atomic E-state index is 7.69. The van der Waals surface area contributed by atoms with Crippen molar-refractivity contribution in [2.24, 2.45) is 0 Å². The zero-order chi connectivity index (χ0) is 10.4. The summed E-state index contributed by atoms with van der Waals surface area (Å²) >= 11 is -1.85. The topological polar surface area (TPSA) is 88.1 Å². The minimum atomic E-state index is -1.85. The molecule has 83 valence electrons. The van der Waals surface area contributed by atoms with Crippen molar-refractivity contribution >= 4 is 28.3 Å². The average molecular weight is 422 g/mol. The Bertz CT molecular complexity index is 52.8. The molecule has 0 aromatic heterocycles. The fraction of sp³-hybridized carbons (Fsp3) is 1.00. The molecule has 0 rings (SSSR count). The van der Waals surface area contributed by atoms with Gasteiger partial charge in [0.05, 0.1) is 0 Å². The zero-order valence-electron chi connectivity index (χ0n) is 6.17. The van der Waals surface area contributed by atoms with Crippen molar-refractivity contribution in [3.05, 3.63) is 11.5 Å². The Morgan fingerprint density at radius 1 is 0.917 bits per heavy atom. The molecule has 0 radical (unpaired) electrons. The van der Waals surface area contributed by atoms with Crippen LogP contribution < -0.4 is 0 Å². The van der Waals surface area contributed by atoms with E-state index in [4.69, 9.17) is 49.9 Å². The zero-order valence-corrected chi connectivity index (χ0v) is 10.7. The van der Waals surface area contributed by atoms with Gasteiger partial charge in [0.2, 0.25) is 0 Å². The molecule has 4 nitrogen and oxygen atoms in total. The molecule has 0 spiro atoms. The predicted octanol–water partition coefficient (Wildman–Crippen LogP) is 2.13. The molecule has 0 unspecified atom stereocenters. The molecule has 4 N–H and O–H groups in total. The molecule has 0 aliphatic rings. The van der Waals surface area contributed by atoms with Gasteiger partial charge >= 0.3 is 42.4 Å². The minimum absolute atomic E-state index is 0.0139. The Balaban J connectivity index is -0.000000101. The second kappa shape index (κ2) is 22.8. The second-order valence-electron chi connectivity index (χ2n) is 1.08. The summed E-state index contributed by atoms with van der Waals surface area (Å²) in [5, 5.41) is 15.4. The Labute approximate surface area is 90.1 Å². The first-order valence-corrected chi connectivity index (χ1v) is 11.1. The van der Waals surface area contributed by atoms with Crippen LogP contribution in [-0.2, 0) is 14.2 Å². The molecular formula is C4H12Cl3N2O2Pt-2. The van der Waals surface area contributed by atoms with Crippen molar-refractivity contribution in [2.75, 3.05) is 26.3 Å². The van der Waals surface area contributed by atoms with Crippen LogP contribution in [0.5, 0.6) is 0 Å². The van der Waals surface area contributed by atoms with Gasteiger partial charge in [0.15, 0.2) is 0 Å². The predicted molar refractivity (Wildman–Crippen MR) is 50.1 cm³/mol. The van der Waals surface area contributed by atoms with E-state index in [9.17, 15) is 0 Å². The smallest absolute Gasteiger partial charge is 0.0241 e. The van der Waals surface area contributed by atoms with E-state index < -0.39 is 14.2 Å². The van der Waals surface area contributed by atoms with Gasteiger partial charge in [0.25, 0.3) is 0 Å². The van der Waals surface area contributed by atoms with Crippen LogP contribution in [0, 0.1) is 0 Å². The summed E-state index contributed by atoms with van der Waals surface area (Å²) < 4.78 is 0. The summed E-state index contributed by atoms with van der Waals surface area (Å²) in [4.78, 5) is 0. The van der Waals surface area contributed by atoms with Crippen LogP contribution in [0.4, 0.5) is 0 Å². The molecule has 0 fully saturated rings. The van der Waals surface area contributed by atoms with Crippen LogP contribution >= 0.6 is 28.3 Å². The van der Waals surface area contributed by atoms with Crippen molar-refractivity contribution in [1.29, 1.82) is 0 Å². The molecule has 8 heteroatoms. The summed E-state index contributed by atoms with van der Waals surface area (Å²) in [5.41, 5.74) is 12.4. The summed E-state index contributed by atoms with van der Waals surface area (Å²) in [7, 11) is 14.9. The number of hydrogen-bond acceptors (Lipinski definition) is 2. The SMILES string of the molecule is [Cl][Pt]([Cl])[Cl].[NH-]CCO.[NH-]CCO. The third kappa shape index (κ3) is 107. The van der Waals surface area contributed by atoms with E-state index in [1.165, 1.54) is 0 Å². The first kappa shape index (κ1) is 19.0. The fourth-order valence-corrected chi connectivity index (χ4v) is 0. The van der Waals surface area contributed by atoms with E-state index in [1.54, 1.807) is 0 Å². The molecule has 0 aliphatic heterocycles. The van der Waals surface area contributed by atoms with Crippen molar-refractivity contribution in [2.45, 2.75) is 0 Å². The molecular weight excluding hydrogens is 409 g/mol. The first-order chi connectivity index (χ1) is 5.56. The van der Waals surface area contributed by atoms with E-state index in [-0.39, 0.29) is 26.3 Å². The van der Waals surface area contributed by atoms with Gasteiger partial charge in [-0.05, 0) is 0 Å². The molecule has 0 aliphatic carbocycles. The van der Waals surface area contributed by atoms with Gasteiger partial charge < -0.3 is 21.7 Å². The Morgan fingerprint density at radius 3 is 1.00 bits per heavy atom. The number of nitrogens with one attached hydrogen (secondary N) is 2. The van der Waals surface area contributed by atoms with E-state index in [0.29, 0.717) is 0 Å². The molecule has 0 heterocycles. The summed E-state index contributed by atoms with van der Waals surface area (Å²) in [6.45, 7) is 0.222. The first-order valence-electron chi connectivity index (χ1n) is 2.70. The van der Waals surface area contributed by atoms with Gasteiger partial charge in [-0.15, -0.1) is 13.1 Å². The second-order valence-corrected chi connectivity index (χ2v) is 10.9. The van der Waals surface area contributed by atoms with Crippen LogP contribution in [0.3, 0.4) is 0 Å². The van der Waals surface area contributed by atoms with Gasteiger partial charge in [0, 0.05) is 13.2 Å². The van der Waals surface area contributed by atoms with Crippen LogP contribution in [0.2, 0.25) is 0 Å². The largest absolute Gasteiger partial charge is 0.676 e. The monoisotopic (exact) mass is 420 g/mol. The Kier molecular flexibility index (Phi) is 36.3. The minimum Gasteiger partial charge on any atom is -0.676 e. The van der Waals surface area contributed by atoms with Crippen LogP contribution in [0.15, 0.2) is 0 Å². The normalized spacial score (nSPS) is 8.75. The number of aliphatic hydroxyl groups excluding tert-OH is 2. The molecule has 0 aromatic rings. The van der Waals surface area contributed by atoms with Crippen molar-refractivity contribution < 1.29 is 24.4 Å². The quantitative estimate of drug-likeness (QED) is 0.715. The van der Waals surface area contributed by atoms with Gasteiger partial charge in [0.1, 0.15) is 0 Å². The van der Waals surface area contributed by atoms with Gasteiger partial charge in [-0.1, -0.05) is 0 Å². The molecule has 0 bridgehead atoms. The summed E-state index contributed by atoms with van der Waals surface area (Å²) in [6.07, 6.45) is 0. The van der Waals surface area contributed by atoms with Gasteiger partial charge in [-0.25, -0.2) is 0 Å². The van der Waals surface area contributed by atoms with E-state index in [2.05, 4.69) is 0 Å². The number of rotatable bonds is 2. The van der Waals surface area contributed by atoms with Crippen LogP contribution in [0.25, 0.3) is 11.5 Å². The van der Waals surface area contributed by atoms with E-state index >= 15 is 0 Å². The van der Waals surface area contributed by atoms with Crippen molar-refractivity contribution in [3.63, 3.8) is 0 Å². The average Bonchev–Trinajstić information content (AvgIpc) is 2.03. The Hall–Kier alpha value is 1.40. The Morgan fingerprint density at radius 2 is 1.00 bits per heavy atom. The molecule has 0 saturated heterocycles.